The van der Waals surface area contributed by atoms with Crippen LogP contribution < -0.4 is 5.32 Å². The van der Waals surface area contributed by atoms with Gasteiger partial charge < -0.3 is 10.4 Å². The number of aliphatic hydroxyl groups is 1. The van der Waals surface area contributed by atoms with E-state index in [1.54, 1.807) is 24.5 Å². The lowest BCUT2D eigenvalue weighted by Crippen LogP contribution is -2.38. The number of fused-ring (bicyclic) bond motifs is 1. The maximum atomic E-state index is 13.1. The van der Waals surface area contributed by atoms with Gasteiger partial charge >= 0.3 is 0 Å². The molecule has 7 nitrogen and oxygen atoms in total. The third-order valence-electron chi connectivity index (χ3n) is 4.41. The van der Waals surface area contributed by atoms with Crippen LogP contribution in [0.4, 0.5) is 0 Å². The molecule has 2 heterocycles. The summed E-state index contributed by atoms with van der Waals surface area (Å²) in [6, 6.07) is 4.94. The van der Waals surface area contributed by atoms with Gasteiger partial charge in [0.2, 0.25) is 15.9 Å². The molecule has 2 N–H and O–H groups in total. The molecule has 0 aliphatic carbocycles. The third-order valence-corrected chi connectivity index (χ3v) is 6.31. The molecule has 0 spiro atoms. The highest BCUT2D eigenvalue weighted by Crippen LogP contribution is 2.29. The number of nitrogens with one attached hydrogen (secondary N) is 1. The molecule has 0 radical (unpaired) electrons. The van der Waals surface area contributed by atoms with Crippen molar-refractivity contribution in [2.24, 2.45) is 0 Å². The van der Waals surface area contributed by atoms with Gasteiger partial charge in [-0.1, -0.05) is 12.1 Å². The predicted molar refractivity (Wildman–Crippen MR) is 93.5 cm³/mol. The molecule has 1 aromatic carbocycles. The smallest absolute Gasteiger partial charge is 0.243 e. The number of pyridine rings is 1. The van der Waals surface area contributed by atoms with Gasteiger partial charge in [-0.2, -0.15) is 4.31 Å². The van der Waals surface area contributed by atoms with E-state index in [1.165, 1.54) is 4.31 Å². The van der Waals surface area contributed by atoms with E-state index in [0.717, 1.165) is 10.9 Å². The van der Waals surface area contributed by atoms with Crippen LogP contribution in [-0.2, 0) is 14.8 Å². The Morgan fingerprint density at radius 1 is 1.40 bits per heavy atom. The van der Waals surface area contributed by atoms with Crippen LogP contribution in [-0.4, -0.2) is 54.5 Å². The number of aromatic nitrogens is 1. The Bertz CT molecular complexity index is 893. The summed E-state index contributed by atoms with van der Waals surface area (Å²) in [5.74, 6) is -0.265. The van der Waals surface area contributed by atoms with E-state index >= 15 is 0 Å². The number of benzene rings is 1. The molecule has 1 saturated heterocycles. The number of amides is 1. The fraction of sp³-hybridized carbons (Fsp3) is 0.412. The largest absolute Gasteiger partial charge is 0.396 e. The minimum absolute atomic E-state index is 0.0266. The van der Waals surface area contributed by atoms with Gasteiger partial charge in [-0.05, 0) is 25.0 Å². The predicted octanol–water partition coefficient (Wildman–Crippen LogP) is 0.805. The highest BCUT2D eigenvalue weighted by Gasteiger charge is 2.34. The molecule has 1 aromatic heterocycles. The highest BCUT2D eigenvalue weighted by atomic mass is 32.2. The second-order valence-corrected chi connectivity index (χ2v) is 8.11. The number of hydrogen-bond donors (Lipinski definition) is 2. The van der Waals surface area contributed by atoms with Crippen LogP contribution in [0.1, 0.15) is 18.4 Å². The molecule has 2 aromatic rings. The van der Waals surface area contributed by atoms with E-state index in [-0.39, 0.29) is 36.4 Å². The van der Waals surface area contributed by atoms with Crippen molar-refractivity contribution in [2.45, 2.75) is 30.7 Å². The molecule has 3 rings (SSSR count). The van der Waals surface area contributed by atoms with Crippen LogP contribution in [0, 0.1) is 6.92 Å². The summed E-state index contributed by atoms with van der Waals surface area (Å²) < 4.78 is 27.6. The maximum Gasteiger partial charge on any atom is 0.243 e. The number of carbonyl (C=O) groups is 1. The van der Waals surface area contributed by atoms with Crippen LogP contribution in [0.2, 0.25) is 0 Å². The number of hydrogen-bond acceptors (Lipinski definition) is 5. The van der Waals surface area contributed by atoms with Gasteiger partial charge in [-0.15, -0.1) is 0 Å². The van der Waals surface area contributed by atoms with Crippen LogP contribution >= 0.6 is 0 Å². The van der Waals surface area contributed by atoms with Crippen molar-refractivity contribution in [1.29, 1.82) is 0 Å². The molecule has 0 saturated carbocycles. The Morgan fingerprint density at radius 3 is 2.96 bits per heavy atom. The van der Waals surface area contributed by atoms with E-state index in [4.69, 9.17) is 5.11 Å². The van der Waals surface area contributed by atoms with Gasteiger partial charge in [-0.25, -0.2) is 8.42 Å². The Kier molecular flexibility index (Phi) is 5.03. The topological polar surface area (TPSA) is 99.6 Å². The average molecular weight is 363 g/mol. The van der Waals surface area contributed by atoms with Crippen molar-refractivity contribution in [3.8, 4) is 0 Å². The van der Waals surface area contributed by atoms with Crippen molar-refractivity contribution in [3.63, 3.8) is 0 Å². The first-order valence-electron chi connectivity index (χ1n) is 8.17. The van der Waals surface area contributed by atoms with E-state index in [1.807, 2.05) is 13.0 Å². The summed E-state index contributed by atoms with van der Waals surface area (Å²) in [7, 11) is -3.66. The molecular formula is C17H21N3O4S. The SMILES string of the molecule is Cc1cncc2cccc(S(=O)(=O)N3CC[C@@H](NC(=O)CCO)C3)c12. The van der Waals surface area contributed by atoms with E-state index in [2.05, 4.69) is 10.3 Å². The molecule has 0 bridgehead atoms. The third kappa shape index (κ3) is 3.51. The van der Waals surface area contributed by atoms with Gasteiger partial charge in [-0.3, -0.25) is 9.78 Å². The zero-order valence-electron chi connectivity index (χ0n) is 14.0. The molecule has 1 amide bonds. The van der Waals surface area contributed by atoms with Crippen molar-refractivity contribution < 1.29 is 18.3 Å². The van der Waals surface area contributed by atoms with Crippen molar-refractivity contribution in [2.75, 3.05) is 19.7 Å². The molecule has 1 atom stereocenters. The van der Waals surface area contributed by atoms with E-state index < -0.39 is 10.0 Å². The summed E-state index contributed by atoms with van der Waals surface area (Å²) in [5, 5.41) is 13.0. The van der Waals surface area contributed by atoms with E-state index in [0.29, 0.717) is 18.4 Å². The van der Waals surface area contributed by atoms with Crippen molar-refractivity contribution >= 4 is 26.7 Å². The molecule has 134 valence electrons. The maximum absolute atomic E-state index is 13.1. The lowest BCUT2D eigenvalue weighted by Gasteiger charge is -2.19. The molecule has 25 heavy (non-hydrogen) atoms. The summed E-state index contributed by atoms with van der Waals surface area (Å²) in [6.07, 6.45) is 3.90. The Hall–Kier alpha value is -2.03. The standard InChI is InChI=1S/C17H21N3O4S/c1-12-9-18-10-13-3-2-4-15(17(12)13)25(23,24)20-7-5-14(11-20)19-16(22)6-8-21/h2-4,9-10,14,21H,5-8,11H2,1H3,(H,19,22)/t14-/m1/s1. The fourth-order valence-corrected chi connectivity index (χ4v) is 4.98. The quantitative estimate of drug-likeness (QED) is 0.819. The normalized spacial score (nSPS) is 18.6. The average Bonchev–Trinajstić information content (AvgIpc) is 3.04. The second-order valence-electron chi connectivity index (χ2n) is 6.20. The molecule has 1 fully saturated rings. The summed E-state index contributed by atoms with van der Waals surface area (Å²) in [5.41, 5.74) is 0.809. The van der Waals surface area contributed by atoms with Crippen molar-refractivity contribution in [3.05, 3.63) is 36.2 Å². The number of rotatable bonds is 5. The minimum atomic E-state index is -3.66. The van der Waals surface area contributed by atoms with Crippen molar-refractivity contribution in [1.82, 2.24) is 14.6 Å². The lowest BCUT2D eigenvalue weighted by atomic mass is 10.1. The van der Waals surface area contributed by atoms with Gasteiger partial charge in [0.15, 0.2) is 0 Å². The molecule has 1 aliphatic rings. The number of aryl methyl sites for hydroxylation is 1. The fourth-order valence-electron chi connectivity index (χ4n) is 3.19. The Labute approximate surface area is 146 Å². The van der Waals surface area contributed by atoms with E-state index in [9.17, 15) is 13.2 Å². The van der Waals surface area contributed by atoms with Crippen LogP contribution in [0.25, 0.3) is 10.8 Å². The molecule has 0 unspecified atom stereocenters. The van der Waals surface area contributed by atoms with Crippen LogP contribution in [0.3, 0.4) is 0 Å². The summed E-state index contributed by atoms with van der Waals surface area (Å²) >= 11 is 0. The zero-order chi connectivity index (χ0) is 18.0. The van der Waals surface area contributed by atoms with Crippen LogP contribution in [0.5, 0.6) is 0 Å². The molecule has 1 aliphatic heterocycles. The molecule has 8 heteroatoms. The first-order chi connectivity index (χ1) is 11.9. The van der Waals surface area contributed by atoms with Crippen LogP contribution in [0.15, 0.2) is 35.5 Å². The lowest BCUT2D eigenvalue weighted by molar-refractivity contribution is -0.122. The first kappa shape index (κ1) is 17.8. The Morgan fingerprint density at radius 2 is 2.20 bits per heavy atom. The summed E-state index contributed by atoms with van der Waals surface area (Å²) in [6.45, 7) is 2.22. The first-order valence-corrected chi connectivity index (χ1v) is 9.61. The number of carbonyl (C=O) groups excluding carboxylic acids is 1. The highest BCUT2D eigenvalue weighted by molar-refractivity contribution is 7.89. The molecular weight excluding hydrogens is 342 g/mol. The zero-order valence-corrected chi connectivity index (χ0v) is 14.8. The van der Waals surface area contributed by atoms with Gasteiger partial charge in [0.05, 0.1) is 11.5 Å². The number of aliphatic hydroxyl groups excluding tert-OH is 1. The Balaban J connectivity index is 1.87. The van der Waals surface area contributed by atoms with Gasteiger partial charge in [0.25, 0.3) is 0 Å². The number of nitrogens with zero attached hydrogens (tertiary/aromatic N) is 2. The van der Waals surface area contributed by atoms with Gasteiger partial charge in [0, 0.05) is 48.7 Å². The summed E-state index contributed by atoms with van der Waals surface area (Å²) in [4.78, 5) is 16.0. The van der Waals surface area contributed by atoms with Gasteiger partial charge in [0.1, 0.15) is 0 Å². The monoisotopic (exact) mass is 363 g/mol. The second kappa shape index (κ2) is 7.07. The minimum Gasteiger partial charge on any atom is -0.396 e. The number of sulfonamides is 1.